The molecule has 1 aromatic carbocycles. The van der Waals surface area contributed by atoms with Crippen molar-refractivity contribution in [1.29, 1.82) is 0 Å². The minimum Gasteiger partial charge on any atom is -0.467 e. The lowest BCUT2D eigenvalue weighted by Crippen LogP contribution is -2.42. The van der Waals surface area contributed by atoms with Gasteiger partial charge in [-0.15, -0.1) is 0 Å². The van der Waals surface area contributed by atoms with Gasteiger partial charge in [-0.3, -0.25) is 9.78 Å². The lowest BCUT2D eigenvalue weighted by Gasteiger charge is -2.17. The number of nitrogens with zero attached hydrogens (tertiary/aromatic N) is 3. The number of methoxy groups -OCH3 is 1. The first-order valence-corrected chi connectivity index (χ1v) is 9.44. The van der Waals surface area contributed by atoms with E-state index in [1.165, 1.54) is 7.11 Å². The number of carbonyl (C=O) groups is 2. The molecule has 0 saturated heterocycles. The molecule has 0 saturated carbocycles. The van der Waals surface area contributed by atoms with Gasteiger partial charge in [0.1, 0.15) is 6.04 Å². The van der Waals surface area contributed by atoms with Crippen LogP contribution in [0.3, 0.4) is 0 Å². The molecule has 3 rings (SSSR count). The minimum atomic E-state index is -0.723. The van der Waals surface area contributed by atoms with E-state index in [0.717, 1.165) is 16.9 Å². The minimum absolute atomic E-state index is 0.216. The maximum Gasteiger partial charge on any atom is 0.328 e. The van der Waals surface area contributed by atoms with Crippen molar-refractivity contribution in [3.05, 3.63) is 66.6 Å². The zero-order valence-corrected chi connectivity index (χ0v) is 16.7. The molecule has 2 heterocycles. The Balaban J connectivity index is 1.96. The van der Waals surface area contributed by atoms with Crippen LogP contribution in [0.2, 0.25) is 0 Å². The molecule has 7 heteroatoms. The first kappa shape index (κ1) is 20.3. The lowest BCUT2D eigenvalue weighted by atomic mass is 10.0. The molecule has 0 radical (unpaired) electrons. The van der Waals surface area contributed by atoms with E-state index >= 15 is 0 Å². The molecule has 1 amide bonds. The van der Waals surface area contributed by atoms with Gasteiger partial charge in [-0.2, -0.15) is 5.10 Å². The third kappa shape index (κ3) is 4.87. The molecular formula is C22H24N4O3. The van der Waals surface area contributed by atoms with Crippen molar-refractivity contribution in [2.75, 3.05) is 7.11 Å². The number of hydrogen-bond acceptors (Lipinski definition) is 5. The van der Waals surface area contributed by atoms with Gasteiger partial charge in [0.2, 0.25) is 0 Å². The van der Waals surface area contributed by atoms with Crippen LogP contribution in [-0.2, 0) is 9.53 Å². The Morgan fingerprint density at radius 2 is 1.79 bits per heavy atom. The van der Waals surface area contributed by atoms with Crippen LogP contribution >= 0.6 is 0 Å². The van der Waals surface area contributed by atoms with E-state index in [4.69, 9.17) is 4.74 Å². The van der Waals surface area contributed by atoms with Crippen molar-refractivity contribution in [1.82, 2.24) is 20.1 Å². The molecule has 7 nitrogen and oxygen atoms in total. The van der Waals surface area contributed by atoms with Gasteiger partial charge in [0, 0.05) is 18.0 Å². The second-order valence-corrected chi connectivity index (χ2v) is 7.08. The van der Waals surface area contributed by atoms with E-state index in [2.05, 4.69) is 15.4 Å². The average molecular weight is 392 g/mol. The third-order valence-corrected chi connectivity index (χ3v) is 4.42. The molecule has 0 bridgehead atoms. The van der Waals surface area contributed by atoms with E-state index in [-0.39, 0.29) is 11.6 Å². The third-order valence-electron chi connectivity index (χ3n) is 4.42. The summed E-state index contributed by atoms with van der Waals surface area (Å²) in [6, 6.07) is 14.2. The molecule has 0 spiro atoms. The average Bonchev–Trinajstić information content (AvgIpc) is 3.19. The van der Waals surface area contributed by atoms with Gasteiger partial charge in [0.25, 0.3) is 5.91 Å². The Morgan fingerprint density at radius 3 is 2.41 bits per heavy atom. The van der Waals surface area contributed by atoms with Crippen LogP contribution < -0.4 is 5.32 Å². The van der Waals surface area contributed by atoms with E-state index in [0.29, 0.717) is 6.42 Å². The normalized spacial score (nSPS) is 11.9. The number of hydrogen-bond donors (Lipinski definition) is 1. The van der Waals surface area contributed by atoms with Crippen LogP contribution in [0.15, 0.2) is 60.9 Å². The number of amides is 1. The largest absolute Gasteiger partial charge is 0.467 e. The summed E-state index contributed by atoms with van der Waals surface area (Å²) >= 11 is 0. The van der Waals surface area contributed by atoms with E-state index in [1.54, 1.807) is 23.1 Å². The molecule has 1 atom stereocenters. The molecule has 0 aliphatic carbocycles. The highest BCUT2D eigenvalue weighted by Crippen LogP contribution is 2.23. The van der Waals surface area contributed by atoms with Gasteiger partial charge in [-0.05, 0) is 42.7 Å². The number of benzene rings is 1. The van der Waals surface area contributed by atoms with Crippen molar-refractivity contribution >= 4 is 11.9 Å². The van der Waals surface area contributed by atoms with Gasteiger partial charge in [0.15, 0.2) is 5.69 Å². The van der Waals surface area contributed by atoms with Gasteiger partial charge in [0.05, 0.1) is 18.5 Å². The highest BCUT2D eigenvalue weighted by atomic mass is 16.5. The van der Waals surface area contributed by atoms with Crippen molar-refractivity contribution in [2.24, 2.45) is 5.92 Å². The fourth-order valence-electron chi connectivity index (χ4n) is 3.05. The van der Waals surface area contributed by atoms with E-state index in [1.807, 2.05) is 56.3 Å². The predicted octanol–water partition coefficient (Wildman–Crippen LogP) is 3.25. The van der Waals surface area contributed by atoms with E-state index in [9.17, 15) is 9.59 Å². The molecule has 29 heavy (non-hydrogen) atoms. The maximum absolute atomic E-state index is 12.9. The van der Waals surface area contributed by atoms with Crippen molar-refractivity contribution < 1.29 is 14.3 Å². The summed E-state index contributed by atoms with van der Waals surface area (Å²) < 4.78 is 6.54. The number of rotatable bonds is 7. The number of ether oxygens (including phenoxy) is 1. The smallest absolute Gasteiger partial charge is 0.328 e. The molecule has 0 aliphatic heterocycles. The van der Waals surface area contributed by atoms with Crippen LogP contribution in [0.5, 0.6) is 0 Å². The predicted molar refractivity (Wildman–Crippen MR) is 110 cm³/mol. The van der Waals surface area contributed by atoms with E-state index < -0.39 is 17.9 Å². The first-order valence-electron chi connectivity index (χ1n) is 9.44. The number of aromatic nitrogens is 3. The topological polar surface area (TPSA) is 86.1 Å². The summed E-state index contributed by atoms with van der Waals surface area (Å²) in [4.78, 5) is 29.0. The molecule has 150 valence electrons. The summed E-state index contributed by atoms with van der Waals surface area (Å²) in [5.74, 6) is -0.677. The number of nitrogens with one attached hydrogen (secondary N) is 1. The van der Waals surface area contributed by atoms with Crippen LogP contribution in [0.1, 0.15) is 30.8 Å². The zero-order valence-electron chi connectivity index (χ0n) is 16.7. The molecular weight excluding hydrogens is 368 g/mol. The fourth-order valence-corrected chi connectivity index (χ4v) is 3.05. The zero-order chi connectivity index (χ0) is 20.8. The molecule has 2 aromatic heterocycles. The summed E-state index contributed by atoms with van der Waals surface area (Å²) in [5.41, 5.74) is 2.67. The van der Waals surface area contributed by atoms with Crippen LogP contribution in [-0.4, -0.2) is 39.8 Å². The van der Waals surface area contributed by atoms with Gasteiger partial charge in [-0.1, -0.05) is 32.0 Å². The van der Waals surface area contributed by atoms with Crippen LogP contribution in [0.4, 0.5) is 0 Å². The SMILES string of the molecule is COC(=O)[C@H](CC(C)C)NC(=O)c1cc(-c2ccncc2)n(-c2ccccc2)n1. The molecule has 0 fully saturated rings. The van der Waals surface area contributed by atoms with Crippen molar-refractivity contribution in [3.8, 4) is 16.9 Å². The molecule has 0 aliphatic rings. The highest BCUT2D eigenvalue weighted by molar-refractivity contribution is 5.96. The number of para-hydroxylation sites is 1. The Morgan fingerprint density at radius 1 is 1.10 bits per heavy atom. The van der Waals surface area contributed by atoms with Gasteiger partial charge >= 0.3 is 5.97 Å². The Bertz CT molecular complexity index is 911. The number of pyridine rings is 1. The summed E-state index contributed by atoms with van der Waals surface area (Å²) in [7, 11) is 1.31. The van der Waals surface area contributed by atoms with Crippen LogP contribution in [0, 0.1) is 5.92 Å². The quantitative estimate of drug-likeness (QED) is 0.624. The molecule has 3 aromatic rings. The Labute approximate surface area is 169 Å². The maximum atomic E-state index is 12.9. The highest BCUT2D eigenvalue weighted by Gasteiger charge is 2.25. The standard InChI is InChI=1S/C22H24N4O3/c1-15(2)13-19(22(28)29-3)24-21(27)18-14-20(16-9-11-23-12-10-16)26(25-18)17-7-5-4-6-8-17/h4-12,14-15,19H,13H2,1-3H3,(H,24,27)/t19-/m0/s1. The molecule has 1 N–H and O–H groups in total. The lowest BCUT2D eigenvalue weighted by molar-refractivity contribution is -0.143. The van der Waals surface area contributed by atoms with Gasteiger partial charge in [-0.25, -0.2) is 9.48 Å². The number of esters is 1. The number of carbonyl (C=O) groups excluding carboxylic acids is 2. The fraction of sp³-hybridized carbons (Fsp3) is 0.273. The Kier molecular flexibility index (Phi) is 6.39. The monoisotopic (exact) mass is 392 g/mol. The van der Waals surface area contributed by atoms with Crippen LogP contribution in [0.25, 0.3) is 16.9 Å². The second kappa shape index (κ2) is 9.14. The summed E-state index contributed by atoms with van der Waals surface area (Å²) in [5, 5.41) is 7.26. The summed E-state index contributed by atoms with van der Waals surface area (Å²) in [6.45, 7) is 3.96. The van der Waals surface area contributed by atoms with Gasteiger partial charge < -0.3 is 10.1 Å². The summed E-state index contributed by atoms with van der Waals surface area (Å²) in [6.07, 6.45) is 3.86. The van der Waals surface area contributed by atoms with Crippen molar-refractivity contribution in [2.45, 2.75) is 26.3 Å². The first-order chi connectivity index (χ1) is 14.0. The van der Waals surface area contributed by atoms with Crippen molar-refractivity contribution in [3.63, 3.8) is 0 Å². The molecule has 0 unspecified atom stereocenters. The Hall–Kier alpha value is -3.48. The second-order valence-electron chi connectivity index (χ2n) is 7.08.